The van der Waals surface area contributed by atoms with Crippen molar-refractivity contribution in [1.82, 2.24) is 4.90 Å². The van der Waals surface area contributed by atoms with Gasteiger partial charge in [-0.05, 0) is 28.9 Å². The first-order valence-corrected chi connectivity index (χ1v) is 9.32. The van der Waals surface area contributed by atoms with Crippen molar-refractivity contribution in [2.45, 2.75) is 31.2 Å². The Morgan fingerprint density at radius 2 is 2.25 bits per heavy atom. The number of aromatic nitrogens is 1. The zero-order valence-corrected chi connectivity index (χ0v) is 15.7. The van der Waals surface area contributed by atoms with Gasteiger partial charge in [-0.25, -0.2) is 9.36 Å². The van der Waals surface area contributed by atoms with E-state index in [0.29, 0.717) is 17.1 Å². The van der Waals surface area contributed by atoms with Gasteiger partial charge in [0.1, 0.15) is 12.7 Å². The summed E-state index contributed by atoms with van der Waals surface area (Å²) in [5.74, 6) is -1.26. The van der Waals surface area contributed by atoms with Crippen molar-refractivity contribution in [3.8, 4) is 0 Å². The van der Waals surface area contributed by atoms with Gasteiger partial charge in [-0.15, -0.1) is 11.8 Å². The van der Waals surface area contributed by atoms with Crippen molar-refractivity contribution in [2.24, 2.45) is 13.0 Å². The molecule has 0 spiro atoms. The summed E-state index contributed by atoms with van der Waals surface area (Å²) in [7, 11) is 1.92. The summed E-state index contributed by atoms with van der Waals surface area (Å²) in [6.07, 6.45) is 3.64. The number of thioether (sulfide) groups is 1. The van der Waals surface area contributed by atoms with Crippen LogP contribution in [0.2, 0.25) is 0 Å². The minimum absolute atomic E-state index is 0.0753. The molecule has 1 aromatic rings. The maximum absolute atomic E-state index is 12.2. The smallest absolute Gasteiger partial charge is 0.353 e. The highest BCUT2D eigenvalue weighted by Crippen LogP contribution is 2.47. The molecule has 1 fully saturated rings. The highest BCUT2D eigenvalue weighted by molar-refractivity contribution is 9.10. The van der Waals surface area contributed by atoms with Crippen LogP contribution in [0.3, 0.4) is 0 Å². The summed E-state index contributed by atoms with van der Waals surface area (Å²) in [4.78, 5) is 25.8. The predicted molar refractivity (Wildman–Crippen MR) is 91.7 cm³/mol. The summed E-state index contributed by atoms with van der Waals surface area (Å²) in [6, 6.07) is 1.76. The second-order valence-electron chi connectivity index (χ2n) is 6.14. The Balaban J connectivity index is 1.80. The number of hydrogen-bond donors (Lipinski definition) is 2. The standard InChI is InChI=1S/C16H17BrN2O4S/c1-8(20)13-11-4-12(14(16(22)23)19(11)15(13)21)24-7-9-3-10(17)6-18(2)5-9/h3,5-6,8,11,13,20H,4,7H2,1-2H3/p+1/t8-,11-,13-/m1/s1. The number of carbonyl (C=O) groups excluding carboxylic acids is 1. The van der Waals surface area contributed by atoms with Crippen LogP contribution >= 0.6 is 27.7 Å². The van der Waals surface area contributed by atoms with Gasteiger partial charge in [0.25, 0.3) is 0 Å². The van der Waals surface area contributed by atoms with Gasteiger partial charge in [-0.3, -0.25) is 4.79 Å². The van der Waals surface area contributed by atoms with Crippen LogP contribution in [0.4, 0.5) is 0 Å². The van der Waals surface area contributed by atoms with E-state index in [9.17, 15) is 19.8 Å². The molecule has 24 heavy (non-hydrogen) atoms. The first-order chi connectivity index (χ1) is 11.3. The van der Waals surface area contributed by atoms with E-state index in [2.05, 4.69) is 15.9 Å². The molecule has 0 radical (unpaired) electrons. The Morgan fingerprint density at radius 1 is 1.54 bits per heavy atom. The number of pyridine rings is 1. The summed E-state index contributed by atoms with van der Waals surface area (Å²) >= 11 is 4.89. The van der Waals surface area contributed by atoms with Crippen molar-refractivity contribution < 1.29 is 24.4 Å². The highest BCUT2D eigenvalue weighted by Gasteiger charge is 2.56. The minimum Gasteiger partial charge on any atom is -0.477 e. The molecule has 3 rings (SSSR count). The number of amides is 1. The van der Waals surface area contributed by atoms with Gasteiger partial charge < -0.3 is 15.1 Å². The Hall–Kier alpha value is -1.38. The Kier molecular flexibility index (Phi) is 4.72. The number of carboxylic acid groups (broad SMARTS) is 1. The molecule has 8 heteroatoms. The van der Waals surface area contributed by atoms with Gasteiger partial charge in [0.15, 0.2) is 12.4 Å². The molecule has 0 unspecified atom stereocenters. The number of β-lactam (4-membered cyclic amide) rings is 1. The molecule has 1 amide bonds. The second-order valence-corrected chi connectivity index (χ2v) is 8.13. The normalized spacial score (nSPS) is 24.0. The third-order valence-electron chi connectivity index (χ3n) is 4.32. The Labute approximate surface area is 152 Å². The number of hydrogen-bond acceptors (Lipinski definition) is 4. The summed E-state index contributed by atoms with van der Waals surface area (Å²) in [5, 5.41) is 19.2. The lowest BCUT2D eigenvalue weighted by Crippen LogP contribution is -2.61. The molecule has 0 saturated carbocycles. The number of carboxylic acids is 1. The van der Waals surface area contributed by atoms with Crippen LogP contribution in [0.1, 0.15) is 18.9 Å². The molecule has 0 aliphatic carbocycles. The van der Waals surface area contributed by atoms with Crippen LogP contribution in [0.25, 0.3) is 0 Å². The minimum atomic E-state index is -1.09. The molecule has 2 aliphatic rings. The molecule has 3 heterocycles. The molecule has 0 aromatic carbocycles. The Bertz CT molecular complexity index is 729. The number of aryl methyl sites for hydroxylation is 1. The lowest BCUT2D eigenvalue weighted by atomic mass is 9.83. The van der Waals surface area contributed by atoms with E-state index in [-0.39, 0.29) is 17.6 Å². The van der Waals surface area contributed by atoms with Gasteiger partial charge >= 0.3 is 5.97 Å². The van der Waals surface area contributed by atoms with Crippen LogP contribution in [0.15, 0.2) is 33.5 Å². The number of aliphatic hydroxyl groups is 1. The first-order valence-electron chi connectivity index (χ1n) is 7.54. The van der Waals surface area contributed by atoms with Crippen molar-refractivity contribution in [3.63, 3.8) is 0 Å². The number of aliphatic hydroxyl groups excluding tert-OH is 1. The zero-order valence-electron chi connectivity index (χ0n) is 13.3. The average Bonchev–Trinajstić information content (AvgIpc) is 2.78. The van der Waals surface area contributed by atoms with E-state index < -0.39 is 18.0 Å². The molecule has 0 bridgehead atoms. The fraction of sp³-hybridized carbons (Fsp3) is 0.438. The lowest BCUT2D eigenvalue weighted by molar-refractivity contribution is -0.672. The topological polar surface area (TPSA) is 81.7 Å². The SMILES string of the molecule is C[C@@H](O)[C@H]1C(=O)N2C(C(=O)O)=C(SCc3cc(Br)c[n+](C)c3)C[C@H]12. The zero-order chi connectivity index (χ0) is 17.6. The largest absolute Gasteiger partial charge is 0.477 e. The van der Waals surface area contributed by atoms with Crippen molar-refractivity contribution in [1.29, 1.82) is 0 Å². The maximum Gasteiger partial charge on any atom is 0.353 e. The molecule has 1 aromatic heterocycles. The number of aliphatic carboxylic acids is 1. The van der Waals surface area contributed by atoms with Crippen LogP contribution < -0.4 is 4.57 Å². The maximum atomic E-state index is 12.2. The highest BCUT2D eigenvalue weighted by atomic mass is 79.9. The number of fused-ring (bicyclic) bond motifs is 1. The van der Waals surface area contributed by atoms with Gasteiger partial charge in [0, 0.05) is 22.6 Å². The van der Waals surface area contributed by atoms with Crippen molar-refractivity contribution in [2.75, 3.05) is 0 Å². The van der Waals surface area contributed by atoms with Crippen molar-refractivity contribution >= 4 is 39.6 Å². The lowest BCUT2D eigenvalue weighted by Gasteiger charge is -2.44. The average molecular weight is 414 g/mol. The van der Waals surface area contributed by atoms with Crippen LogP contribution in [0, 0.1) is 5.92 Å². The second kappa shape index (κ2) is 6.50. The summed E-state index contributed by atoms with van der Waals surface area (Å²) < 4.78 is 2.89. The first kappa shape index (κ1) is 17.4. The predicted octanol–water partition coefficient (Wildman–Crippen LogP) is 1.41. The van der Waals surface area contributed by atoms with Crippen molar-refractivity contribution in [3.05, 3.63) is 39.1 Å². The molecule has 2 aliphatic heterocycles. The molecule has 3 atom stereocenters. The number of rotatable bonds is 5. The monoisotopic (exact) mass is 413 g/mol. The quantitative estimate of drug-likeness (QED) is 0.563. The fourth-order valence-corrected chi connectivity index (χ4v) is 5.08. The number of halogens is 1. The third-order valence-corrected chi connectivity index (χ3v) is 5.94. The molecule has 6 nitrogen and oxygen atoms in total. The molecule has 2 N–H and O–H groups in total. The van der Waals surface area contributed by atoms with E-state index in [0.717, 1.165) is 10.0 Å². The van der Waals surface area contributed by atoms with Gasteiger partial charge in [-0.2, -0.15) is 0 Å². The number of nitrogens with zero attached hydrogens (tertiary/aromatic N) is 2. The third kappa shape index (κ3) is 2.98. The van der Waals surface area contributed by atoms with Gasteiger partial charge in [-0.1, -0.05) is 0 Å². The molecule has 1 saturated heterocycles. The van der Waals surface area contributed by atoms with E-state index in [1.807, 2.05) is 30.1 Å². The van der Waals surface area contributed by atoms with E-state index in [1.54, 1.807) is 6.92 Å². The van der Waals surface area contributed by atoms with Crippen LogP contribution in [-0.2, 0) is 22.4 Å². The molecular weight excluding hydrogens is 396 g/mol. The number of carbonyl (C=O) groups is 2. The van der Waals surface area contributed by atoms with Crippen LogP contribution in [0.5, 0.6) is 0 Å². The van der Waals surface area contributed by atoms with E-state index in [1.165, 1.54) is 16.7 Å². The summed E-state index contributed by atoms with van der Waals surface area (Å²) in [6.45, 7) is 1.58. The van der Waals surface area contributed by atoms with E-state index in [4.69, 9.17) is 0 Å². The van der Waals surface area contributed by atoms with Gasteiger partial charge in [0.2, 0.25) is 5.91 Å². The summed E-state index contributed by atoms with van der Waals surface area (Å²) in [5.41, 5.74) is 1.13. The Morgan fingerprint density at radius 3 is 2.83 bits per heavy atom. The molecular formula is C16H18BrN2O4S+. The van der Waals surface area contributed by atoms with Gasteiger partial charge in [0.05, 0.1) is 22.5 Å². The van der Waals surface area contributed by atoms with E-state index >= 15 is 0 Å². The fourth-order valence-electron chi connectivity index (χ4n) is 3.35. The van der Waals surface area contributed by atoms with Crippen LogP contribution in [-0.4, -0.2) is 39.1 Å². The molecule has 128 valence electrons.